The van der Waals surface area contributed by atoms with Gasteiger partial charge in [-0.05, 0) is 55.0 Å². The second-order valence-electron chi connectivity index (χ2n) is 4.37. The van der Waals surface area contributed by atoms with E-state index in [0.29, 0.717) is 28.5 Å². The van der Waals surface area contributed by atoms with Crippen LogP contribution in [0, 0.1) is 0 Å². The zero-order chi connectivity index (χ0) is 15.9. The number of phenols is 1. The molecule has 0 aliphatic rings. The van der Waals surface area contributed by atoms with E-state index in [4.69, 9.17) is 16.3 Å². The van der Waals surface area contributed by atoms with Crippen molar-refractivity contribution < 1.29 is 14.6 Å². The summed E-state index contributed by atoms with van der Waals surface area (Å²) >= 11 is 5.76. The zero-order valence-electron chi connectivity index (χ0n) is 11.9. The maximum atomic E-state index is 11.8. The van der Waals surface area contributed by atoms with Crippen molar-refractivity contribution in [1.82, 2.24) is 5.43 Å². The highest BCUT2D eigenvalue weighted by Crippen LogP contribution is 2.26. The first-order chi connectivity index (χ1) is 10.6. The zero-order valence-corrected chi connectivity index (χ0v) is 12.7. The van der Waals surface area contributed by atoms with Crippen LogP contribution in [0.15, 0.2) is 47.6 Å². The molecule has 2 rings (SSSR count). The van der Waals surface area contributed by atoms with Crippen molar-refractivity contribution in [3.05, 3.63) is 58.6 Å². The minimum Gasteiger partial charge on any atom is -0.504 e. The maximum Gasteiger partial charge on any atom is 0.271 e. The van der Waals surface area contributed by atoms with Crippen molar-refractivity contribution in [3.63, 3.8) is 0 Å². The van der Waals surface area contributed by atoms with Gasteiger partial charge in [0, 0.05) is 10.6 Å². The van der Waals surface area contributed by atoms with Crippen LogP contribution in [0.1, 0.15) is 22.8 Å². The predicted octanol–water partition coefficient (Wildman–Crippen LogP) is 3.21. The van der Waals surface area contributed by atoms with E-state index >= 15 is 0 Å². The van der Waals surface area contributed by atoms with Crippen molar-refractivity contribution >= 4 is 23.7 Å². The monoisotopic (exact) mass is 318 g/mol. The lowest BCUT2D eigenvalue weighted by Crippen LogP contribution is -2.17. The molecule has 0 aliphatic heterocycles. The molecule has 2 aromatic carbocycles. The third kappa shape index (κ3) is 4.23. The van der Waals surface area contributed by atoms with Gasteiger partial charge in [0.05, 0.1) is 12.8 Å². The molecule has 0 aliphatic carbocycles. The van der Waals surface area contributed by atoms with E-state index in [1.807, 2.05) is 6.92 Å². The van der Waals surface area contributed by atoms with Crippen molar-refractivity contribution in [2.24, 2.45) is 5.10 Å². The number of halogens is 1. The topological polar surface area (TPSA) is 70.9 Å². The second kappa shape index (κ2) is 7.47. The van der Waals surface area contributed by atoms with Crippen LogP contribution in [-0.4, -0.2) is 23.8 Å². The first-order valence-corrected chi connectivity index (χ1v) is 7.02. The van der Waals surface area contributed by atoms with Crippen LogP contribution in [0.5, 0.6) is 11.5 Å². The van der Waals surface area contributed by atoms with E-state index in [1.54, 1.807) is 36.4 Å². The number of carbonyl (C=O) groups is 1. The Hall–Kier alpha value is -2.53. The Morgan fingerprint density at radius 1 is 1.32 bits per heavy atom. The van der Waals surface area contributed by atoms with Gasteiger partial charge in [-0.1, -0.05) is 11.6 Å². The molecule has 114 valence electrons. The smallest absolute Gasteiger partial charge is 0.271 e. The highest BCUT2D eigenvalue weighted by Gasteiger charge is 2.04. The molecule has 0 heterocycles. The van der Waals surface area contributed by atoms with Gasteiger partial charge in [0.2, 0.25) is 0 Å². The molecule has 6 heteroatoms. The summed E-state index contributed by atoms with van der Waals surface area (Å²) in [6.07, 6.45) is 1.47. The predicted molar refractivity (Wildman–Crippen MR) is 85.8 cm³/mol. The molecule has 5 nitrogen and oxygen atoms in total. The Labute approximate surface area is 133 Å². The Balaban J connectivity index is 2.01. The molecule has 0 spiro atoms. The van der Waals surface area contributed by atoms with Crippen molar-refractivity contribution in [2.75, 3.05) is 6.61 Å². The summed E-state index contributed by atoms with van der Waals surface area (Å²) in [7, 11) is 0. The molecule has 22 heavy (non-hydrogen) atoms. The van der Waals surface area contributed by atoms with Crippen LogP contribution in [0.2, 0.25) is 5.02 Å². The second-order valence-corrected chi connectivity index (χ2v) is 4.80. The number of hydrazone groups is 1. The van der Waals surface area contributed by atoms with Crippen LogP contribution < -0.4 is 10.2 Å². The van der Waals surface area contributed by atoms with Gasteiger partial charge >= 0.3 is 0 Å². The van der Waals surface area contributed by atoms with Gasteiger partial charge in [0.15, 0.2) is 11.5 Å². The fourth-order valence-corrected chi connectivity index (χ4v) is 1.84. The third-order valence-electron chi connectivity index (χ3n) is 2.77. The number of carbonyl (C=O) groups excluding carboxylic acids is 1. The van der Waals surface area contributed by atoms with Gasteiger partial charge in [-0.25, -0.2) is 5.43 Å². The molecule has 0 saturated carbocycles. The molecule has 0 fully saturated rings. The third-order valence-corrected chi connectivity index (χ3v) is 3.02. The highest BCUT2D eigenvalue weighted by molar-refractivity contribution is 6.30. The number of phenolic OH excluding ortho intramolecular Hbond substituents is 1. The average Bonchev–Trinajstić information content (AvgIpc) is 2.51. The minimum atomic E-state index is -0.336. The van der Waals surface area contributed by atoms with E-state index in [1.165, 1.54) is 12.3 Å². The van der Waals surface area contributed by atoms with Crippen LogP contribution in [0.3, 0.4) is 0 Å². The molecule has 0 atom stereocenters. The molecule has 2 aromatic rings. The number of hydrogen-bond donors (Lipinski definition) is 2. The van der Waals surface area contributed by atoms with Gasteiger partial charge in [0.25, 0.3) is 5.91 Å². The molecular weight excluding hydrogens is 304 g/mol. The summed E-state index contributed by atoms with van der Waals surface area (Å²) < 4.78 is 5.27. The van der Waals surface area contributed by atoms with Crippen LogP contribution in [0.25, 0.3) is 0 Å². The molecule has 2 N–H and O–H groups in total. The fraction of sp³-hybridized carbons (Fsp3) is 0.125. The van der Waals surface area contributed by atoms with Crippen molar-refractivity contribution in [3.8, 4) is 11.5 Å². The van der Waals surface area contributed by atoms with E-state index in [-0.39, 0.29) is 11.7 Å². The molecule has 0 aromatic heterocycles. The lowest BCUT2D eigenvalue weighted by molar-refractivity contribution is 0.0955. The number of aromatic hydroxyl groups is 1. The molecule has 0 radical (unpaired) electrons. The molecule has 0 unspecified atom stereocenters. The largest absolute Gasteiger partial charge is 0.504 e. The summed E-state index contributed by atoms with van der Waals surface area (Å²) in [5.74, 6) is 0.0939. The van der Waals surface area contributed by atoms with E-state index < -0.39 is 0 Å². The average molecular weight is 319 g/mol. The Bertz CT molecular complexity index is 684. The number of nitrogens with one attached hydrogen (secondary N) is 1. The van der Waals surface area contributed by atoms with E-state index in [0.717, 1.165) is 0 Å². The van der Waals surface area contributed by atoms with Crippen LogP contribution in [0.4, 0.5) is 0 Å². The summed E-state index contributed by atoms with van der Waals surface area (Å²) in [6.45, 7) is 2.27. The molecule has 0 bridgehead atoms. The first-order valence-electron chi connectivity index (χ1n) is 6.65. The van der Waals surface area contributed by atoms with Gasteiger partial charge in [-0.2, -0.15) is 5.10 Å². The summed E-state index contributed by atoms with van der Waals surface area (Å²) in [4.78, 5) is 11.8. The summed E-state index contributed by atoms with van der Waals surface area (Å²) in [5.41, 5.74) is 3.57. The lowest BCUT2D eigenvalue weighted by atomic mass is 10.2. The number of benzene rings is 2. The standard InChI is InChI=1S/C16H15ClN2O3/c1-2-22-15-9-11(3-8-14(15)20)10-18-19-16(21)12-4-6-13(17)7-5-12/h3-10,20H,2H2,1H3,(H,19,21)/b18-10-. The Morgan fingerprint density at radius 3 is 2.73 bits per heavy atom. The van der Waals surface area contributed by atoms with Gasteiger partial charge in [-0.15, -0.1) is 0 Å². The maximum absolute atomic E-state index is 11.8. The van der Waals surface area contributed by atoms with Crippen LogP contribution in [-0.2, 0) is 0 Å². The summed E-state index contributed by atoms with van der Waals surface area (Å²) in [6, 6.07) is 11.3. The van der Waals surface area contributed by atoms with Gasteiger partial charge < -0.3 is 9.84 Å². The van der Waals surface area contributed by atoms with Crippen LogP contribution >= 0.6 is 11.6 Å². The summed E-state index contributed by atoms with van der Waals surface area (Å²) in [5, 5.41) is 14.0. The molecular formula is C16H15ClN2O3. The number of ether oxygens (including phenoxy) is 1. The fourth-order valence-electron chi connectivity index (χ4n) is 1.71. The van der Waals surface area contributed by atoms with Gasteiger partial charge in [0.1, 0.15) is 0 Å². The number of amides is 1. The molecule has 0 saturated heterocycles. The van der Waals surface area contributed by atoms with Crippen molar-refractivity contribution in [2.45, 2.75) is 6.92 Å². The number of hydrogen-bond acceptors (Lipinski definition) is 4. The normalized spacial score (nSPS) is 10.6. The Kier molecular flexibility index (Phi) is 5.38. The minimum absolute atomic E-state index is 0.0594. The first kappa shape index (κ1) is 15.9. The van der Waals surface area contributed by atoms with E-state index in [9.17, 15) is 9.90 Å². The highest BCUT2D eigenvalue weighted by atomic mass is 35.5. The van der Waals surface area contributed by atoms with Gasteiger partial charge in [-0.3, -0.25) is 4.79 Å². The Morgan fingerprint density at radius 2 is 2.05 bits per heavy atom. The van der Waals surface area contributed by atoms with E-state index in [2.05, 4.69) is 10.5 Å². The number of rotatable bonds is 5. The quantitative estimate of drug-likeness (QED) is 0.657. The molecule has 1 amide bonds. The van der Waals surface area contributed by atoms with Crippen molar-refractivity contribution in [1.29, 1.82) is 0 Å². The SMILES string of the molecule is CCOc1cc(/C=N\NC(=O)c2ccc(Cl)cc2)ccc1O. The number of nitrogens with zero attached hydrogens (tertiary/aromatic N) is 1. The lowest BCUT2D eigenvalue weighted by Gasteiger charge is -2.06.